The zero-order valence-electron chi connectivity index (χ0n) is 14.4. The number of halogens is 3. The highest BCUT2D eigenvalue weighted by Crippen LogP contribution is 2.47. The number of hydrogen-bond acceptors (Lipinski definition) is 2. The molecular weight excluding hydrogens is 359 g/mol. The van der Waals surface area contributed by atoms with Crippen LogP contribution in [0.5, 0.6) is 0 Å². The van der Waals surface area contributed by atoms with Gasteiger partial charge in [-0.1, -0.05) is 42.0 Å². The van der Waals surface area contributed by atoms with E-state index in [2.05, 4.69) is 16.2 Å². The van der Waals surface area contributed by atoms with Crippen molar-refractivity contribution in [2.24, 2.45) is 5.92 Å². The highest BCUT2D eigenvalue weighted by atomic mass is 19.4. The molecule has 1 aliphatic carbocycles. The van der Waals surface area contributed by atoms with Crippen molar-refractivity contribution in [2.45, 2.75) is 25.4 Å². The number of carbonyl (C=O) groups excluding carboxylic acids is 2. The normalized spacial score (nSPS) is 18.5. The Balaban J connectivity index is 1.52. The average molecular weight is 377 g/mol. The lowest BCUT2D eigenvalue weighted by Gasteiger charge is -2.14. The van der Waals surface area contributed by atoms with Gasteiger partial charge in [-0.25, -0.2) is 10.2 Å². The number of amides is 3. The second-order valence-electron chi connectivity index (χ2n) is 6.47. The number of carbonyl (C=O) groups is 2. The first-order chi connectivity index (χ1) is 12.8. The van der Waals surface area contributed by atoms with Crippen molar-refractivity contribution in [1.29, 1.82) is 0 Å². The Morgan fingerprint density at radius 2 is 1.67 bits per heavy atom. The minimum Gasteiger partial charge on any atom is -0.306 e. The van der Waals surface area contributed by atoms with Gasteiger partial charge in [0.25, 0.3) is 0 Å². The molecule has 0 spiro atoms. The molecule has 0 unspecified atom stereocenters. The Bertz CT molecular complexity index is 850. The maximum atomic E-state index is 12.9. The molecule has 27 heavy (non-hydrogen) atoms. The van der Waals surface area contributed by atoms with Gasteiger partial charge in [0.05, 0.1) is 11.3 Å². The van der Waals surface area contributed by atoms with Gasteiger partial charge < -0.3 is 5.32 Å². The summed E-state index contributed by atoms with van der Waals surface area (Å²) in [6.07, 6.45) is -3.93. The van der Waals surface area contributed by atoms with E-state index >= 15 is 0 Å². The third-order valence-corrected chi connectivity index (χ3v) is 4.41. The first-order valence-electron chi connectivity index (χ1n) is 8.35. The second-order valence-corrected chi connectivity index (χ2v) is 6.47. The predicted molar refractivity (Wildman–Crippen MR) is 93.8 cm³/mol. The molecule has 2 atom stereocenters. The standard InChI is InChI=1S/C19H18F3N3O2/c1-11-6-8-12(9-7-11)13-10-14(13)17(26)24-25-18(27)23-16-5-3-2-4-15(16)19(20,21)22/h2-9,13-14H,10H2,1H3,(H,24,26)(H2,23,25,27)/t13-,14-/m1/s1. The highest BCUT2D eigenvalue weighted by Gasteiger charge is 2.44. The number of nitrogens with one attached hydrogen (secondary N) is 3. The minimum atomic E-state index is -4.59. The molecule has 0 radical (unpaired) electrons. The highest BCUT2D eigenvalue weighted by molar-refractivity contribution is 5.92. The van der Waals surface area contributed by atoms with Gasteiger partial charge in [-0.3, -0.25) is 10.2 Å². The molecule has 0 aliphatic heterocycles. The maximum Gasteiger partial charge on any atom is 0.418 e. The number of benzene rings is 2. The summed E-state index contributed by atoms with van der Waals surface area (Å²) in [4.78, 5) is 23.9. The van der Waals surface area contributed by atoms with E-state index in [0.29, 0.717) is 6.42 Å². The Morgan fingerprint density at radius 1 is 1.00 bits per heavy atom. The maximum absolute atomic E-state index is 12.9. The van der Waals surface area contributed by atoms with Gasteiger partial charge in [0.2, 0.25) is 5.91 Å². The number of rotatable bonds is 3. The van der Waals surface area contributed by atoms with E-state index in [1.54, 1.807) is 0 Å². The van der Waals surface area contributed by atoms with E-state index in [1.165, 1.54) is 12.1 Å². The summed E-state index contributed by atoms with van der Waals surface area (Å²) in [5.41, 5.74) is 5.16. The topological polar surface area (TPSA) is 70.2 Å². The fourth-order valence-corrected chi connectivity index (χ4v) is 2.87. The third kappa shape index (κ3) is 4.58. The summed E-state index contributed by atoms with van der Waals surface area (Å²) < 4.78 is 38.7. The largest absolute Gasteiger partial charge is 0.418 e. The van der Waals surface area contributed by atoms with E-state index in [-0.39, 0.29) is 23.4 Å². The van der Waals surface area contributed by atoms with Crippen molar-refractivity contribution in [3.63, 3.8) is 0 Å². The average Bonchev–Trinajstić information content (AvgIpc) is 3.41. The molecule has 5 nitrogen and oxygen atoms in total. The molecule has 1 saturated carbocycles. The van der Waals surface area contributed by atoms with Gasteiger partial charge in [0, 0.05) is 5.92 Å². The van der Waals surface area contributed by atoms with Crippen LogP contribution in [0.1, 0.15) is 29.0 Å². The van der Waals surface area contributed by atoms with Crippen LogP contribution >= 0.6 is 0 Å². The lowest BCUT2D eigenvalue weighted by Crippen LogP contribution is -2.44. The summed E-state index contributed by atoms with van der Waals surface area (Å²) in [5, 5.41) is 2.10. The lowest BCUT2D eigenvalue weighted by atomic mass is 10.1. The molecule has 2 aromatic rings. The predicted octanol–water partition coefficient (Wildman–Crippen LogP) is 3.97. The first kappa shape index (κ1) is 18.8. The van der Waals surface area contributed by atoms with Gasteiger partial charge in [-0.15, -0.1) is 0 Å². The van der Waals surface area contributed by atoms with E-state index in [9.17, 15) is 22.8 Å². The van der Waals surface area contributed by atoms with Crippen LogP contribution in [0.3, 0.4) is 0 Å². The number of hydrazine groups is 1. The van der Waals surface area contributed by atoms with Crippen LogP contribution in [-0.2, 0) is 11.0 Å². The van der Waals surface area contributed by atoms with Crippen LogP contribution in [-0.4, -0.2) is 11.9 Å². The molecule has 1 fully saturated rings. The zero-order valence-corrected chi connectivity index (χ0v) is 14.4. The van der Waals surface area contributed by atoms with Crippen LogP contribution in [0.2, 0.25) is 0 Å². The molecule has 0 bridgehead atoms. The number of aryl methyl sites for hydroxylation is 1. The smallest absolute Gasteiger partial charge is 0.306 e. The molecule has 8 heteroatoms. The molecule has 3 rings (SSSR count). The zero-order chi connectivity index (χ0) is 19.6. The van der Waals surface area contributed by atoms with Crippen molar-refractivity contribution in [3.8, 4) is 0 Å². The van der Waals surface area contributed by atoms with Crippen LogP contribution in [0.4, 0.5) is 23.7 Å². The lowest BCUT2D eigenvalue weighted by molar-refractivity contribution is -0.137. The van der Waals surface area contributed by atoms with Crippen LogP contribution < -0.4 is 16.2 Å². The number of alkyl halides is 3. The second kappa shape index (κ2) is 7.30. The van der Waals surface area contributed by atoms with Gasteiger partial charge in [0.15, 0.2) is 0 Å². The Kier molecular flexibility index (Phi) is 5.07. The van der Waals surface area contributed by atoms with Crippen LogP contribution in [0.15, 0.2) is 48.5 Å². The molecule has 1 aliphatic rings. The number of para-hydroxylation sites is 1. The molecule has 142 valence electrons. The molecule has 3 N–H and O–H groups in total. The van der Waals surface area contributed by atoms with E-state index < -0.39 is 17.8 Å². The minimum absolute atomic E-state index is 0.0846. The fourth-order valence-electron chi connectivity index (χ4n) is 2.87. The summed E-state index contributed by atoms with van der Waals surface area (Å²) >= 11 is 0. The van der Waals surface area contributed by atoms with Crippen molar-refractivity contribution in [3.05, 3.63) is 65.2 Å². The fraction of sp³-hybridized carbons (Fsp3) is 0.263. The molecular formula is C19H18F3N3O2. The van der Waals surface area contributed by atoms with Crippen molar-refractivity contribution in [1.82, 2.24) is 10.9 Å². The molecule has 0 aromatic heterocycles. The monoisotopic (exact) mass is 377 g/mol. The van der Waals surface area contributed by atoms with Crippen molar-refractivity contribution >= 4 is 17.6 Å². The third-order valence-electron chi connectivity index (χ3n) is 4.41. The van der Waals surface area contributed by atoms with Crippen molar-refractivity contribution in [2.75, 3.05) is 5.32 Å². The SMILES string of the molecule is Cc1ccc([C@H]2C[C@H]2C(=O)NNC(=O)Nc2ccccc2C(F)(F)F)cc1. The number of hydrogen-bond donors (Lipinski definition) is 3. The van der Waals surface area contributed by atoms with Gasteiger partial charge in [-0.2, -0.15) is 13.2 Å². The quantitative estimate of drug-likeness (QED) is 0.709. The van der Waals surface area contributed by atoms with Gasteiger partial charge >= 0.3 is 12.2 Å². The van der Waals surface area contributed by atoms with E-state index in [0.717, 1.165) is 23.3 Å². The van der Waals surface area contributed by atoms with Gasteiger partial charge in [0.1, 0.15) is 0 Å². The van der Waals surface area contributed by atoms with E-state index in [1.807, 2.05) is 31.2 Å². The Morgan fingerprint density at radius 3 is 2.33 bits per heavy atom. The van der Waals surface area contributed by atoms with Crippen LogP contribution in [0.25, 0.3) is 0 Å². The number of urea groups is 1. The first-order valence-corrected chi connectivity index (χ1v) is 8.35. The molecule has 0 heterocycles. The molecule has 2 aromatic carbocycles. The Labute approximate surface area is 153 Å². The van der Waals surface area contributed by atoms with Crippen LogP contribution in [0, 0.1) is 12.8 Å². The number of anilines is 1. The summed E-state index contributed by atoms with van der Waals surface area (Å²) in [5.74, 6) is -0.559. The summed E-state index contributed by atoms with van der Waals surface area (Å²) in [6, 6.07) is 11.5. The Hall–Kier alpha value is -3.03. The van der Waals surface area contributed by atoms with Crippen molar-refractivity contribution < 1.29 is 22.8 Å². The molecule has 3 amide bonds. The van der Waals surface area contributed by atoms with E-state index in [4.69, 9.17) is 0 Å². The van der Waals surface area contributed by atoms with Gasteiger partial charge in [-0.05, 0) is 37.0 Å². The summed E-state index contributed by atoms with van der Waals surface area (Å²) in [6.45, 7) is 1.97. The summed E-state index contributed by atoms with van der Waals surface area (Å²) in [7, 11) is 0. The molecule has 0 saturated heterocycles.